The van der Waals surface area contributed by atoms with Gasteiger partial charge in [0, 0.05) is 18.2 Å². The van der Waals surface area contributed by atoms with Crippen LogP contribution in [-0.2, 0) is 14.4 Å². The minimum absolute atomic E-state index is 0.0305. The minimum atomic E-state index is -0.760. The molecule has 0 heterocycles. The molecule has 0 radical (unpaired) electrons. The molecule has 63 heavy (non-hydrogen) atoms. The molecule has 0 bridgehead atoms. The molecule has 0 spiro atoms. The van der Waals surface area contributed by atoms with Gasteiger partial charge in [-0.05, 0) is 65.2 Å². The average molecular weight is 863 g/mol. The van der Waals surface area contributed by atoms with Gasteiger partial charge in [-0.25, -0.2) is 4.79 Å². The van der Waals surface area contributed by atoms with Crippen molar-refractivity contribution in [3.05, 3.63) is 126 Å². The van der Waals surface area contributed by atoms with Crippen LogP contribution in [0.3, 0.4) is 0 Å². The highest BCUT2D eigenvalue weighted by Crippen LogP contribution is 2.41. The first-order chi connectivity index (χ1) is 30.6. The Labute approximate surface area is 366 Å². The van der Waals surface area contributed by atoms with Crippen LogP contribution in [0.1, 0.15) is 16.7 Å². The minimum Gasteiger partial charge on any atom is -0.493 e. The van der Waals surface area contributed by atoms with Crippen LogP contribution in [0.15, 0.2) is 109 Å². The number of ether oxygens (including phenoxy) is 10. The number of allylic oxidation sites excluding steroid dienone is 6. The molecule has 330 valence electrons. The van der Waals surface area contributed by atoms with Crippen molar-refractivity contribution in [2.24, 2.45) is 0 Å². The molecular formula is C48H50N2O13. The van der Waals surface area contributed by atoms with Crippen molar-refractivity contribution < 1.29 is 61.8 Å². The normalized spacial score (nSPS) is 11.4. The van der Waals surface area contributed by atoms with E-state index in [4.69, 9.17) is 47.4 Å². The first-order valence-electron chi connectivity index (χ1n) is 19.0. The molecule has 4 aromatic rings. The SMILES string of the molecule is COc1cc(/C=C/C=C/C(=O)Nc2cccc(OC(=O)/C=C/C=C/c3cc(OC)c(OC)c(OC)c3)c2NC(=O)/C=C/C=C/c2cc(OC)c(OC)c(OC)c2)cc(OC)c1OC. The lowest BCUT2D eigenvalue weighted by Gasteiger charge is -2.14. The van der Waals surface area contributed by atoms with E-state index in [1.807, 2.05) is 0 Å². The number of amides is 2. The number of benzene rings is 4. The molecule has 15 nitrogen and oxygen atoms in total. The van der Waals surface area contributed by atoms with Crippen LogP contribution in [0.25, 0.3) is 18.2 Å². The lowest BCUT2D eigenvalue weighted by molar-refractivity contribution is -0.129. The first-order valence-corrected chi connectivity index (χ1v) is 19.0. The van der Waals surface area contributed by atoms with E-state index < -0.39 is 17.8 Å². The van der Waals surface area contributed by atoms with E-state index in [2.05, 4.69) is 10.6 Å². The van der Waals surface area contributed by atoms with Crippen LogP contribution >= 0.6 is 0 Å². The number of hydrogen-bond donors (Lipinski definition) is 2. The summed E-state index contributed by atoms with van der Waals surface area (Å²) >= 11 is 0. The molecule has 0 saturated heterocycles. The summed E-state index contributed by atoms with van der Waals surface area (Å²) in [6, 6.07) is 15.1. The van der Waals surface area contributed by atoms with E-state index in [1.165, 1.54) is 107 Å². The van der Waals surface area contributed by atoms with Gasteiger partial charge in [-0.1, -0.05) is 60.8 Å². The van der Waals surface area contributed by atoms with Crippen molar-refractivity contribution in [2.45, 2.75) is 0 Å². The number of hydrogen-bond acceptors (Lipinski definition) is 13. The van der Waals surface area contributed by atoms with Gasteiger partial charge in [0.25, 0.3) is 0 Å². The Hall–Kier alpha value is -8.07. The molecule has 0 aromatic heterocycles. The number of esters is 1. The molecule has 0 fully saturated rings. The maximum Gasteiger partial charge on any atom is 0.336 e. The molecular weight excluding hydrogens is 813 g/mol. The van der Waals surface area contributed by atoms with Crippen LogP contribution in [0.4, 0.5) is 11.4 Å². The zero-order chi connectivity index (χ0) is 45.7. The van der Waals surface area contributed by atoms with E-state index in [9.17, 15) is 14.4 Å². The number of carbonyl (C=O) groups is 3. The van der Waals surface area contributed by atoms with Crippen molar-refractivity contribution in [1.29, 1.82) is 0 Å². The standard InChI is InChI=1S/C48H50N2O13/c1-54-36-25-31(26-37(55-2)46(36)60-7)17-10-13-22-42(51)49-34-20-16-21-35(63-44(53)24-15-12-19-33-29-40(58-5)48(62-9)41(30-33)59-6)45(34)50-43(52)23-14-11-18-32-27-38(56-3)47(61-8)39(28-32)57-4/h10-30H,1-9H3,(H,49,51)(H,50,52)/b17-10+,18-11+,19-12+,22-13+,23-14+,24-15+. The smallest absolute Gasteiger partial charge is 0.336 e. The zero-order valence-electron chi connectivity index (χ0n) is 36.4. The van der Waals surface area contributed by atoms with Gasteiger partial charge in [0.05, 0.1) is 69.7 Å². The van der Waals surface area contributed by atoms with Crippen LogP contribution in [0.2, 0.25) is 0 Å². The van der Waals surface area contributed by atoms with E-state index in [-0.39, 0.29) is 17.1 Å². The average Bonchev–Trinajstić information content (AvgIpc) is 3.30. The van der Waals surface area contributed by atoms with Gasteiger partial charge in [0.1, 0.15) is 5.69 Å². The number of methoxy groups -OCH3 is 9. The summed E-state index contributed by atoms with van der Waals surface area (Å²) in [6.45, 7) is 0. The lowest BCUT2D eigenvalue weighted by atomic mass is 10.1. The number of rotatable bonds is 21. The Morgan fingerprint density at radius 3 is 1.11 bits per heavy atom. The fourth-order valence-corrected chi connectivity index (χ4v) is 5.84. The van der Waals surface area contributed by atoms with Crippen LogP contribution in [0.5, 0.6) is 57.5 Å². The van der Waals surface area contributed by atoms with Gasteiger partial charge in [-0.3, -0.25) is 9.59 Å². The summed E-state index contributed by atoms with van der Waals surface area (Å²) in [5.74, 6) is 2.23. The highest BCUT2D eigenvalue weighted by atomic mass is 16.5. The molecule has 2 N–H and O–H groups in total. The van der Waals surface area contributed by atoms with Crippen LogP contribution in [-0.4, -0.2) is 81.8 Å². The van der Waals surface area contributed by atoms with E-state index in [0.29, 0.717) is 57.3 Å². The third-order valence-electron chi connectivity index (χ3n) is 8.73. The van der Waals surface area contributed by atoms with Crippen LogP contribution < -0.4 is 58.0 Å². The number of carbonyl (C=O) groups excluding carboxylic acids is 3. The maximum atomic E-state index is 13.3. The Morgan fingerprint density at radius 2 is 0.762 bits per heavy atom. The van der Waals surface area contributed by atoms with Gasteiger partial charge in [0.15, 0.2) is 40.2 Å². The van der Waals surface area contributed by atoms with Crippen molar-refractivity contribution in [1.82, 2.24) is 0 Å². The molecule has 4 rings (SSSR count). The van der Waals surface area contributed by atoms with Gasteiger partial charge in [0.2, 0.25) is 29.1 Å². The molecule has 0 aliphatic carbocycles. The van der Waals surface area contributed by atoms with Gasteiger partial charge in [-0.2, -0.15) is 0 Å². The lowest BCUT2D eigenvalue weighted by Crippen LogP contribution is -2.16. The van der Waals surface area contributed by atoms with Crippen LogP contribution in [0, 0.1) is 0 Å². The summed E-state index contributed by atoms with van der Waals surface area (Å²) in [6.07, 6.45) is 18.4. The van der Waals surface area contributed by atoms with Crippen molar-refractivity contribution >= 4 is 47.4 Å². The monoisotopic (exact) mass is 862 g/mol. The predicted octanol–water partition coefficient (Wildman–Crippen LogP) is 8.36. The second-order valence-corrected chi connectivity index (χ2v) is 12.6. The van der Waals surface area contributed by atoms with E-state index in [1.54, 1.807) is 85.0 Å². The predicted molar refractivity (Wildman–Crippen MR) is 242 cm³/mol. The first kappa shape index (κ1) is 47.6. The fraction of sp³-hybridized carbons (Fsp3) is 0.188. The largest absolute Gasteiger partial charge is 0.493 e. The molecule has 4 aromatic carbocycles. The Morgan fingerprint density at radius 1 is 0.413 bits per heavy atom. The Kier molecular flexibility index (Phi) is 18.3. The van der Waals surface area contributed by atoms with Crippen molar-refractivity contribution in [2.75, 3.05) is 74.6 Å². The third-order valence-corrected chi connectivity index (χ3v) is 8.73. The molecule has 0 unspecified atom stereocenters. The second-order valence-electron chi connectivity index (χ2n) is 12.6. The summed E-state index contributed by atoms with van der Waals surface area (Å²) in [7, 11) is 13.6. The molecule has 2 amide bonds. The summed E-state index contributed by atoms with van der Waals surface area (Å²) in [5, 5.41) is 5.47. The maximum absolute atomic E-state index is 13.3. The number of para-hydroxylation sites is 1. The second kappa shape index (κ2) is 24.3. The highest BCUT2D eigenvalue weighted by Gasteiger charge is 2.17. The zero-order valence-corrected chi connectivity index (χ0v) is 36.4. The Bertz CT molecular complexity index is 2240. The summed E-state index contributed by atoms with van der Waals surface area (Å²) in [5.41, 5.74) is 2.35. The topological polar surface area (TPSA) is 168 Å². The molecule has 0 saturated carbocycles. The molecule has 0 atom stereocenters. The van der Waals surface area contributed by atoms with Gasteiger partial charge in [-0.15, -0.1) is 0 Å². The number of nitrogens with one attached hydrogen (secondary N) is 2. The van der Waals surface area contributed by atoms with E-state index in [0.717, 1.165) is 11.1 Å². The highest BCUT2D eigenvalue weighted by molar-refractivity contribution is 6.08. The van der Waals surface area contributed by atoms with Crippen molar-refractivity contribution in [3.8, 4) is 57.5 Å². The van der Waals surface area contributed by atoms with E-state index >= 15 is 0 Å². The van der Waals surface area contributed by atoms with Gasteiger partial charge < -0.3 is 58.0 Å². The quantitative estimate of drug-likeness (QED) is 0.0355. The molecule has 0 aliphatic heterocycles. The number of anilines is 2. The third kappa shape index (κ3) is 13.2. The fourth-order valence-electron chi connectivity index (χ4n) is 5.84. The van der Waals surface area contributed by atoms with Crippen molar-refractivity contribution in [3.63, 3.8) is 0 Å². The molecule has 0 aliphatic rings. The molecule has 15 heteroatoms. The van der Waals surface area contributed by atoms with Gasteiger partial charge >= 0.3 is 5.97 Å². The summed E-state index contributed by atoms with van der Waals surface area (Å²) in [4.78, 5) is 39.5. The summed E-state index contributed by atoms with van der Waals surface area (Å²) < 4.78 is 54.3. The Balaban J connectivity index is 1.56.